The number of halogens is 1. The molecule has 0 fully saturated rings. The molecule has 90 valence electrons. The van der Waals surface area contributed by atoms with Crippen molar-refractivity contribution in [3.63, 3.8) is 0 Å². The molecule has 0 saturated carbocycles. The maximum atomic E-state index is 11.1. The number of carbonyl (C=O) groups excluding carboxylic acids is 1. The maximum Gasteiger partial charge on any atom is 0.271 e. The van der Waals surface area contributed by atoms with E-state index in [4.69, 9.17) is 28.3 Å². The zero-order valence-corrected chi connectivity index (χ0v) is 9.85. The van der Waals surface area contributed by atoms with Crippen molar-refractivity contribution in [2.75, 3.05) is 5.73 Å². The summed E-state index contributed by atoms with van der Waals surface area (Å²) in [6.07, 6.45) is 1.42. The Bertz CT molecular complexity index is 671. The molecule has 0 spiro atoms. The maximum absolute atomic E-state index is 11.1. The molecule has 0 bridgehead atoms. The minimum Gasteiger partial charge on any atom is -0.396 e. The topological polar surface area (TPSA) is 111 Å². The van der Waals surface area contributed by atoms with Crippen molar-refractivity contribution >= 4 is 23.2 Å². The van der Waals surface area contributed by atoms with Crippen LogP contribution in [0.15, 0.2) is 24.4 Å². The third kappa shape index (κ3) is 1.99. The number of nitrogen functional groups attached to an aromatic ring is 1. The highest BCUT2D eigenvalue weighted by Gasteiger charge is 2.14. The van der Waals surface area contributed by atoms with Crippen LogP contribution in [-0.2, 0) is 0 Å². The molecule has 0 radical (unpaired) electrons. The average molecular weight is 262 g/mol. The van der Waals surface area contributed by atoms with Gasteiger partial charge in [0.15, 0.2) is 5.69 Å². The molecule has 0 aliphatic heterocycles. The van der Waals surface area contributed by atoms with Gasteiger partial charge in [0.05, 0.1) is 23.1 Å². The van der Waals surface area contributed by atoms with E-state index in [1.165, 1.54) is 16.9 Å². The van der Waals surface area contributed by atoms with Gasteiger partial charge < -0.3 is 11.5 Å². The summed E-state index contributed by atoms with van der Waals surface area (Å²) in [6, 6.07) is 6.71. The summed E-state index contributed by atoms with van der Waals surface area (Å²) in [5.74, 6) is -0.723. The van der Waals surface area contributed by atoms with Gasteiger partial charge in [-0.3, -0.25) is 4.79 Å². The van der Waals surface area contributed by atoms with Gasteiger partial charge >= 0.3 is 0 Å². The minimum atomic E-state index is -0.723. The van der Waals surface area contributed by atoms with Gasteiger partial charge in [0.1, 0.15) is 6.07 Å². The van der Waals surface area contributed by atoms with Gasteiger partial charge in [0.25, 0.3) is 5.91 Å². The molecule has 18 heavy (non-hydrogen) atoms. The Morgan fingerprint density at radius 3 is 2.78 bits per heavy atom. The molecule has 1 aromatic carbocycles. The van der Waals surface area contributed by atoms with E-state index in [-0.39, 0.29) is 11.4 Å². The van der Waals surface area contributed by atoms with E-state index < -0.39 is 5.91 Å². The number of nitriles is 1. The number of amides is 1. The Hall–Kier alpha value is -2.52. The van der Waals surface area contributed by atoms with Gasteiger partial charge in [-0.05, 0) is 18.2 Å². The molecule has 2 rings (SSSR count). The third-order valence-corrected chi connectivity index (χ3v) is 2.54. The lowest BCUT2D eigenvalue weighted by Gasteiger charge is -2.03. The first kappa shape index (κ1) is 12.0. The number of anilines is 1. The first-order valence-corrected chi connectivity index (χ1v) is 5.25. The summed E-state index contributed by atoms with van der Waals surface area (Å²) in [7, 11) is 0. The molecule has 6 nitrogen and oxygen atoms in total. The van der Waals surface area contributed by atoms with E-state index >= 15 is 0 Å². The zero-order chi connectivity index (χ0) is 13.3. The third-order valence-electron chi connectivity index (χ3n) is 2.30. The summed E-state index contributed by atoms with van der Waals surface area (Å²) >= 11 is 5.79. The van der Waals surface area contributed by atoms with Crippen LogP contribution in [0.25, 0.3) is 5.69 Å². The number of rotatable bonds is 2. The van der Waals surface area contributed by atoms with Crippen molar-refractivity contribution in [3.05, 3.63) is 40.7 Å². The first-order valence-electron chi connectivity index (χ1n) is 4.88. The van der Waals surface area contributed by atoms with Gasteiger partial charge in [-0.2, -0.15) is 10.4 Å². The highest BCUT2D eigenvalue weighted by Crippen LogP contribution is 2.20. The van der Waals surface area contributed by atoms with Crippen molar-refractivity contribution in [1.29, 1.82) is 5.26 Å². The normalized spacial score (nSPS) is 10.0. The predicted octanol–water partition coefficient (Wildman–Crippen LogP) is 1.08. The predicted molar refractivity (Wildman–Crippen MR) is 66.2 cm³/mol. The van der Waals surface area contributed by atoms with Crippen molar-refractivity contribution in [1.82, 2.24) is 9.78 Å². The lowest BCUT2D eigenvalue weighted by molar-refractivity contribution is 0.0996. The summed E-state index contributed by atoms with van der Waals surface area (Å²) in [4.78, 5) is 11.1. The largest absolute Gasteiger partial charge is 0.396 e. The standard InChI is InChI=1S/C11H8ClN5O/c12-7-1-2-9(6(3-7)4-13)17-5-8(14)10(16-17)11(15)18/h1-3,5H,14H2,(H2,15,18). The second kappa shape index (κ2) is 4.39. The van der Waals surface area contributed by atoms with E-state index in [1.807, 2.05) is 6.07 Å². The Balaban J connectivity index is 2.60. The van der Waals surface area contributed by atoms with Crippen LogP contribution < -0.4 is 11.5 Å². The second-order valence-corrected chi connectivity index (χ2v) is 3.95. The Labute approximate surface area is 107 Å². The van der Waals surface area contributed by atoms with Gasteiger partial charge in [-0.1, -0.05) is 11.6 Å². The number of hydrogen-bond donors (Lipinski definition) is 2. The summed E-state index contributed by atoms with van der Waals surface area (Å²) < 4.78 is 1.32. The van der Waals surface area contributed by atoms with Crippen molar-refractivity contribution in [3.8, 4) is 11.8 Å². The molecular weight excluding hydrogens is 254 g/mol. The van der Waals surface area contributed by atoms with E-state index in [0.717, 1.165) is 0 Å². The summed E-state index contributed by atoms with van der Waals surface area (Å²) in [5, 5.41) is 13.4. The molecule has 0 aliphatic rings. The number of nitrogens with two attached hydrogens (primary N) is 2. The summed E-state index contributed by atoms with van der Waals surface area (Å²) in [6.45, 7) is 0. The molecule has 7 heteroatoms. The molecular formula is C11H8ClN5O. The van der Waals surface area contributed by atoms with Crippen molar-refractivity contribution < 1.29 is 4.79 Å². The van der Waals surface area contributed by atoms with Gasteiger partial charge in [0.2, 0.25) is 0 Å². The smallest absolute Gasteiger partial charge is 0.271 e. The average Bonchev–Trinajstić information content (AvgIpc) is 2.71. The van der Waals surface area contributed by atoms with Crippen molar-refractivity contribution in [2.24, 2.45) is 5.73 Å². The van der Waals surface area contributed by atoms with Crippen LogP contribution in [0.3, 0.4) is 0 Å². The monoisotopic (exact) mass is 261 g/mol. The number of primary amides is 1. The first-order chi connectivity index (χ1) is 8.52. The Kier molecular flexibility index (Phi) is 2.92. The number of aromatic nitrogens is 2. The molecule has 0 saturated heterocycles. The molecule has 1 amide bonds. The van der Waals surface area contributed by atoms with Crippen LogP contribution in [0.5, 0.6) is 0 Å². The van der Waals surface area contributed by atoms with Crippen molar-refractivity contribution in [2.45, 2.75) is 0 Å². The highest BCUT2D eigenvalue weighted by atomic mass is 35.5. The Morgan fingerprint density at radius 1 is 1.50 bits per heavy atom. The second-order valence-electron chi connectivity index (χ2n) is 3.52. The lowest BCUT2D eigenvalue weighted by atomic mass is 10.2. The lowest BCUT2D eigenvalue weighted by Crippen LogP contribution is -2.14. The fourth-order valence-electron chi connectivity index (χ4n) is 1.50. The van der Waals surface area contributed by atoms with Crippen LogP contribution in [-0.4, -0.2) is 15.7 Å². The van der Waals surface area contributed by atoms with E-state index in [1.54, 1.807) is 12.1 Å². The molecule has 0 aliphatic carbocycles. The van der Waals surface area contributed by atoms with Gasteiger partial charge in [-0.15, -0.1) is 0 Å². The fourth-order valence-corrected chi connectivity index (χ4v) is 1.67. The van der Waals surface area contributed by atoms with Gasteiger partial charge in [0, 0.05) is 5.02 Å². The number of benzene rings is 1. The van der Waals surface area contributed by atoms with Crippen LogP contribution in [0.2, 0.25) is 5.02 Å². The van der Waals surface area contributed by atoms with E-state index in [0.29, 0.717) is 16.3 Å². The number of nitrogens with zero attached hydrogens (tertiary/aromatic N) is 3. The van der Waals surface area contributed by atoms with Crippen LogP contribution in [0.4, 0.5) is 5.69 Å². The van der Waals surface area contributed by atoms with Crippen LogP contribution in [0.1, 0.15) is 16.1 Å². The minimum absolute atomic E-state index is 0.0335. The van der Waals surface area contributed by atoms with Crippen LogP contribution >= 0.6 is 11.6 Å². The van der Waals surface area contributed by atoms with Crippen LogP contribution in [0, 0.1) is 11.3 Å². The molecule has 1 heterocycles. The molecule has 0 atom stereocenters. The molecule has 1 aromatic heterocycles. The van der Waals surface area contributed by atoms with E-state index in [9.17, 15) is 4.79 Å². The molecule has 4 N–H and O–H groups in total. The quantitative estimate of drug-likeness (QED) is 0.842. The van der Waals surface area contributed by atoms with Gasteiger partial charge in [-0.25, -0.2) is 4.68 Å². The SMILES string of the molecule is N#Cc1cc(Cl)ccc1-n1cc(N)c(C(N)=O)n1. The number of carbonyl (C=O) groups is 1. The Morgan fingerprint density at radius 2 is 2.22 bits per heavy atom. The van der Waals surface area contributed by atoms with E-state index in [2.05, 4.69) is 5.10 Å². The summed E-state index contributed by atoms with van der Waals surface area (Å²) in [5.41, 5.74) is 11.6. The zero-order valence-electron chi connectivity index (χ0n) is 9.09. The fraction of sp³-hybridized carbons (Fsp3) is 0. The molecule has 2 aromatic rings. The number of hydrogen-bond acceptors (Lipinski definition) is 4. The molecule has 0 unspecified atom stereocenters. The highest BCUT2D eigenvalue weighted by molar-refractivity contribution is 6.30.